The smallest absolute Gasteiger partial charge is 0.147 e. The van der Waals surface area contributed by atoms with Crippen LogP contribution in [0.4, 0.5) is 0 Å². The molecule has 0 aliphatic rings. The maximum Gasteiger partial charge on any atom is 0.147 e. The Morgan fingerprint density at radius 3 is 3.00 bits per heavy atom. The van der Waals surface area contributed by atoms with Crippen molar-refractivity contribution in [3.8, 4) is 17.3 Å². The van der Waals surface area contributed by atoms with Crippen LogP contribution in [0.2, 0.25) is 0 Å². The average molecular weight is 239 g/mol. The van der Waals surface area contributed by atoms with Gasteiger partial charge in [-0.2, -0.15) is 5.26 Å². The van der Waals surface area contributed by atoms with Crippen LogP contribution in [0, 0.1) is 11.3 Å². The van der Waals surface area contributed by atoms with E-state index in [-0.39, 0.29) is 0 Å². The van der Waals surface area contributed by atoms with Crippen LogP contribution in [0.5, 0.6) is 0 Å². The van der Waals surface area contributed by atoms with Gasteiger partial charge in [0, 0.05) is 28.1 Å². The molecule has 3 nitrogen and oxygen atoms in total. The lowest BCUT2D eigenvalue weighted by atomic mass is 10.1. The zero-order valence-corrected chi connectivity index (χ0v) is 10.0. The zero-order valence-electron chi connectivity index (χ0n) is 9.21. The number of fused-ring (bicyclic) bond motifs is 1. The molecule has 0 atom stereocenters. The third kappa shape index (κ3) is 1.44. The molecular formula is C13H9N3S. The second-order valence-corrected chi connectivity index (χ2v) is 4.72. The molecule has 0 aliphatic carbocycles. The van der Waals surface area contributed by atoms with E-state index in [2.05, 4.69) is 28.6 Å². The van der Waals surface area contributed by atoms with Crippen LogP contribution in [-0.4, -0.2) is 9.55 Å². The van der Waals surface area contributed by atoms with Crippen molar-refractivity contribution in [2.45, 2.75) is 0 Å². The van der Waals surface area contributed by atoms with Gasteiger partial charge in [-0.3, -0.25) is 0 Å². The summed E-state index contributed by atoms with van der Waals surface area (Å²) in [6.45, 7) is 0. The molecule has 0 aliphatic heterocycles. The number of nitriles is 1. The summed E-state index contributed by atoms with van der Waals surface area (Å²) in [6, 6.07) is 10.4. The molecule has 0 radical (unpaired) electrons. The van der Waals surface area contributed by atoms with E-state index in [0.717, 1.165) is 16.6 Å². The highest BCUT2D eigenvalue weighted by molar-refractivity contribution is 7.17. The number of rotatable bonds is 1. The van der Waals surface area contributed by atoms with Crippen molar-refractivity contribution in [1.82, 2.24) is 9.55 Å². The molecule has 0 saturated heterocycles. The van der Waals surface area contributed by atoms with Crippen LogP contribution in [0.15, 0.2) is 36.0 Å². The zero-order chi connectivity index (χ0) is 11.8. The Hall–Kier alpha value is -2.12. The molecule has 0 bridgehead atoms. The van der Waals surface area contributed by atoms with Crippen molar-refractivity contribution in [2.75, 3.05) is 0 Å². The van der Waals surface area contributed by atoms with Crippen molar-refractivity contribution < 1.29 is 0 Å². The van der Waals surface area contributed by atoms with Crippen molar-refractivity contribution in [2.24, 2.45) is 7.05 Å². The molecule has 2 heterocycles. The van der Waals surface area contributed by atoms with Gasteiger partial charge in [0.25, 0.3) is 0 Å². The van der Waals surface area contributed by atoms with E-state index in [9.17, 15) is 0 Å². The highest BCUT2D eigenvalue weighted by Crippen LogP contribution is 2.34. The Morgan fingerprint density at radius 1 is 1.35 bits per heavy atom. The van der Waals surface area contributed by atoms with Crippen molar-refractivity contribution in [1.29, 1.82) is 5.26 Å². The lowest BCUT2D eigenvalue weighted by molar-refractivity contribution is 0.897. The Kier molecular flexibility index (Phi) is 2.20. The number of hydrogen-bond donors (Lipinski definition) is 0. The summed E-state index contributed by atoms with van der Waals surface area (Å²) in [4.78, 5) is 4.33. The summed E-state index contributed by atoms with van der Waals surface area (Å²) in [5.74, 6) is 0. The molecule has 3 aromatic rings. The summed E-state index contributed by atoms with van der Waals surface area (Å²) in [6.07, 6.45) is 1.68. The number of nitrogens with zero attached hydrogens (tertiary/aromatic N) is 3. The quantitative estimate of drug-likeness (QED) is 0.654. The van der Waals surface area contributed by atoms with Crippen LogP contribution >= 0.6 is 11.3 Å². The molecule has 2 aromatic heterocycles. The van der Waals surface area contributed by atoms with Gasteiger partial charge < -0.3 is 4.57 Å². The molecule has 0 amide bonds. The van der Waals surface area contributed by atoms with E-state index >= 15 is 0 Å². The SMILES string of the molecule is Cn1cnc(-c2csc3ccccc23)c1C#N. The van der Waals surface area contributed by atoms with Gasteiger partial charge in [0.2, 0.25) is 0 Å². The van der Waals surface area contributed by atoms with Gasteiger partial charge in [-0.1, -0.05) is 18.2 Å². The van der Waals surface area contributed by atoms with Gasteiger partial charge in [-0.05, 0) is 6.07 Å². The first-order valence-corrected chi connectivity index (χ1v) is 6.07. The van der Waals surface area contributed by atoms with Crippen molar-refractivity contribution >= 4 is 21.4 Å². The lowest BCUT2D eigenvalue weighted by Crippen LogP contribution is -1.90. The summed E-state index contributed by atoms with van der Waals surface area (Å²) in [7, 11) is 1.84. The van der Waals surface area contributed by atoms with Gasteiger partial charge in [-0.25, -0.2) is 4.98 Å². The predicted molar refractivity (Wildman–Crippen MR) is 68.7 cm³/mol. The molecule has 17 heavy (non-hydrogen) atoms. The number of benzene rings is 1. The molecule has 82 valence electrons. The van der Waals surface area contributed by atoms with E-state index < -0.39 is 0 Å². The predicted octanol–water partition coefficient (Wildman–Crippen LogP) is 3.17. The first-order valence-electron chi connectivity index (χ1n) is 5.19. The fraction of sp³-hybridized carbons (Fsp3) is 0.0769. The molecule has 1 aromatic carbocycles. The van der Waals surface area contributed by atoms with Gasteiger partial charge in [-0.15, -0.1) is 11.3 Å². The monoisotopic (exact) mass is 239 g/mol. The number of aromatic nitrogens is 2. The summed E-state index contributed by atoms with van der Waals surface area (Å²) in [5, 5.41) is 12.4. The van der Waals surface area contributed by atoms with Crippen LogP contribution in [-0.2, 0) is 7.05 Å². The second kappa shape index (κ2) is 3.72. The Bertz CT molecular complexity index is 731. The van der Waals surface area contributed by atoms with Gasteiger partial charge in [0.05, 0.1) is 6.33 Å². The van der Waals surface area contributed by atoms with Crippen molar-refractivity contribution in [3.05, 3.63) is 41.7 Å². The van der Waals surface area contributed by atoms with E-state index in [1.54, 1.807) is 22.2 Å². The average Bonchev–Trinajstić information content (AvgIpc) is 2.92. The van der Waals surface area contributed by atoms with Crippen LogP contribution in [0.3, 0.4) is 0 Å². The standard InChI is InChI=1S/C13H9N3S/c1-16-8-15-13(11(16)6-14)10-7-17-12-5-3-2-4-9(10)12/h2-5,7-8H,1H3. The van der Waals surface area contributed by atoms with Crippen LogP contribution < -0.4 is 0 Å². The normalized spacial score (nSPS) is 10.6. The first-order chi connectivity index (χ1) is 8.31. The molecule has 4 heteroatoms. The largest absolute Gasteiger partial charge is 0.325 e. The number of imidazole rings is 1. The molecule has 0 fully saturated rings. The van der Waals surface area contributed by atoms with Crippen LogP contribution in [0.1, 0.15) is 5.69 Å². The molecule has 0 N–H and O–H groups in total. The molecule has 0 unspecified atom stereocenters. The van der Waals surface area contributed by atoms with Gasteiger partial charge in [0.15, 0.2) is 0 Å². The summed E-state index contributed by atoms with van der Waals surface area (Å²) < 4.78 is 2.97. The second-order valence-electron chi connectivity index (χ2n) is 3.81. The van der Waals surface area contributed by atoms with E-state index in [1.165, 1.54) is 4.70 Å². The Balaban J connectivity index is 2.32. The van der Waals surface area contributed by atoms with Crippen LogP contribution in [0.25, 0.3) is 21.3 Å². The van der Waals surface area contributed by atoms with E-state index in [0.29, 0.717) is 5.69 Å². The minimum atomic E-state index is 0.605. The van der Waals surface area contributed by atoms with Gasteiger partial charge in [0.1, 0.15) is 17.5 Å². The number of hydrogen-bond acceptors (Lipinski definition) is 3. The molecular weight excluding hydrogens is 230 g/mol. The lowest BCUT2D eigenvalue weighted by Gasteiger charge is -1.96. The molecule has 0 spiro atoms. The van der Waals surface area contributed by atoms with Gasteiger partial charge >= 0.3 is 0 Å². The summed E-state index contributed by atoms with van der Waals surface area (Å²) >= 11 is 1.68. The minimum Gasteiger partial charge on any atom is -0.325 e. The fourth-order valence-corrected chi connectivity index (χ4v) is 2.87. The third-order valence-electron chi connectivity index (χ3n) is 2.78. The summed E-state index contributed by atoms with van der Waals surface area (Å²) in [5.41, 5.74) is 2.42. The highest BCUT2D eigenvalue weighted by atomic mass is 32.1. The number of thiophene rings is 1. The highest BCUT2D eigenvalue weighted by Gasteiger charge is 2.14. The van der Waals surface area contributed by atoms with E-state index in [1.807, 2.05) is 19.2 Å². The maximum absolute atomic E-state index is 9.15. The third-order valence-corrected chi connectivity index (χ3v) is 3.74. The fourth-order valence-electron chi connectivity index (χ4n) is 1.92. The maximum atomic E-state index is 9.15. The topological polar surface area (TPSA) is 41.6 Å². The minimum absolute atomic E-state index is 0.605. The Labute approximate surface area is 103 Å². The first kappa shape index (κ1) is 10.1. The Morgan fingerprint density at radius 2 is 2.18 bits per heavy atom. The van der Waals surface area contributed by atoms with E-state index in [4.69, 9.17) is 5.26 Å². The molecule has 3 rings (SSSR count). The molecule has 0 saturated carbocycles. The van der Waals surface area contributed by atoms with Crippen molar-refractivity contribution in [3.63, 3.8) is 0 Å². The number of aryl methyl sites for hydroxylation is 1.